The van der Waals surface area contributed by atoms with E-state index in [2.05, 4.69) is 15.5 Å². The first kappa shape index (κ1) is 19.2. The summed E-state index contributed by atoms with van der Waals surface area (Å²) in [6.45, 7) is 0.417. The summed E-state index contributed by atoms with van der Waals surface area (Å²) in [6.07, 6.45) is 1.74. The number of nitrogens with one attached hydrogen (secondary N) is 1. The Bertz CT molecular complexity index is 1110. The molecule has 6 heteroatoms. The van der Waals surface area contributed by atoms with Crippen LogP contribution in [0.3, 0.4) is 0 Å². The van der Waals surface area contributed by atoms with Gasteiger partial charge in [-0.05, 0) is 23.8 Å². The monoisotopic (exact) mass is 419 g/mol. The minimum atomic E-state index is 0.417. The molecule has 4 nitrogen and oxygen atoms in total. The standard InChI is InChI=1S/C23H18ClN3OS/c24-21-12-5-4-10-19(21)15-28-20-11-6-7-17(13-20)14-25-27-23-26-22(16-29-23)18-8-2-1-3-9-18/h1-14,16H,15H2,(H,26,27). The molecule has 0 saturated heterocycles. The summed E-state index contributed by atoms with van der Waals surface area (Å²) in [4.78, 5) is 4.56. The van der Waals surface area contributed by atoms with Crippen molar-refractivity contribution in [3.05, 3.63) is 100 Å². The molecule has 0 unspecified atom stereocenters. The lowest BCUT2D eigenvalue weighted by molar-refractivity contribution is 0.306. The zero-order valence-corrected chi connectivity index (χ0v) is 17.0. The van der Waals surface area contributed by atoms with Crippen molar-refractivity contribution in [3.8, 4) is 17.0 Å². The quantitative estimate of drug-likeness (QED) is 0.275. The zero-order valence-electron chi connectivity index (χ0n) is 15.5. The highest BCUT2D eigenvalue weighted by Crippen LogP contribution is 2.24. The molecule has 0 saturated carbocycles. The predicted octanol–water partition coefficient (Wildman–Crippen LogP) is 6.49. The number of hydrogen-bond acceptors (Lipinski definition) is 5. The number of hydrogen-bond donors (Lipinski definition) is 1. The molecule has 0 spiro atoms. The highest BCUT2D eigenvalue weighted by Gasteiger charge is 2.03. The average molecular weight is 420 g/mol. The van der Waals surface area contributed by atoms with E-state index in [1.54, 1.807) is 6.21 Å². The summed E-state index contributed by atoms with van der Waals surface area (Å²) in [5, 5.41) is 7.74. The molecule has 3 aromatic carbocycles. The summed E-state index contributed by atoms with van der Waals surface area (Å²) in [5.41, 5.74) is 6.88. The first-order valence-electron chi connectivity index (χ1n) is 9.04. The number of halogens is 1. The molecule has 4 rings (SSSR count). The van der Waals surface area contributed by atoms with Gasteiger partial charge in [-0.3, -0.25) is 5.43 Å². The van der Waals surface area contributed by atoms with E-state index in [1.165, 1.54) is 11.3 Å². The van der Waals surface area contributed by atoms with Crippen molar-refractivity contribution < 1.29 is 4.74 Å². The Labute approximate surface area is 178 Å². The number of ether oxygens (including phenoxy) is 1. The number of aromatic nitrogens is 1. The van der Waals surface area contributed by atoms with Crippen LogP contribution in [0.5, 0.6) is 5.75 Å². The second kappa shape index (κ2) is 9.37. The number of thiazole rings is 1. The minimum absolute atomic E-state index is 0.417. The van der Waals surface area contributed by atoms with Crippen LogP contribution in [0.25, 0.3) is 11.3 Å². The van der Waals surface area contributed by atoms with Crippen LogP contribution in [0, 0.1) is 0 Å². The van der Waals surface area contributed by atoms with Crippen molar-refractivity contribution in [2.45, 2.75) is 6.61 Å². The molecule has 0 bridgehead atoms. The fraction of sp³-hybridized carbons (Fsp3) is 0.0435. The maximum absolute atomic E-state index is 6.17. The van der Waals surface area contributed by atoms with Crippen molar-refractivity contribution in [1.82, 2.24) is 4.98 Å². The van der Waals surface area contributed by atoms with Crippen LogP contribution in [-0.2, 0) is 6.61 Å². The van der Waals surface area contributed by atoms with Crippen molar-refractivity contribution >= 4 is 34.3 Å². The third kappa shape index (κ3) is 5.22. The van der Waals surface area contributed by atoms with Crippen LogP contribution in [0.2, 0.25) is 5.02 Å². The van der Waals surface area contributed by atoms with E-state index in [0.29, 0.717) is 11.6 Å². The van der Waals surface area contributed by atoms with E-state index >= 15 is 0 Å². The molecular formula is C23H18ClN3OS. The van der Waals surface area contributed by atoms with Crippen LogP contribution in [0.4, 0.5) is 5.13 Å². The molecule has 1 heterocycles. The van der Waals surface area contributed by atoms with E-state index in [9.17, 15) is 0 Å². The van der Waals surface area contributed by atoms with Gasteiger partial charge in [0.15, 0.2) is 0 Å². The molecule has 0 fully saturated rings. The fourth-order valence-corrected chi connectivity index (χ4v) is 3.55. The van der Waals surface area contributed by atoms with E-state index in [4.69, 9.17) is 16.3 Å². The maximum Gasteiger partial charge on any atom is 0.203 e. The Morgan fingerprint density at radius 2 is 1.83 bits per heavy atom. The number of rotatable bonds is 7. The Hall–Kier alpha value is -3.15. The minimum Gasteiger partial charge on any atom is -0.489 e. The first-order valence-corrected chi connectivity index (χ1v) is 10.3. The van der Waals surface area contributed by atoms with E-state index in [0.717, 1.165) is 33.3 Å². The van der Waals surface area contributed by atoms with Crippen LogP contribution < -0.4 is 10.2 Å². The second-order valence-corrected chi connectivity index (χ2v) is 7.49. The predicted molar refractivity (Wildman–Crippen MR) is 121 cm³/mol. The smallest absolute Gasteiger partial charge is 0.203 e. The third-order valence-corrected chi connectivity index (χ3v) is 5.27. The van der Waals surface area contributed by atoms with Crippen LogP contribution in [-0.4, -0.2) is 11.2 Å². The molecule has 1 N–H and O–H groups in total. The highest BCUT2D eigenvalue weighted by molar-refractivity contribution is 7.14. The maximum atomic E-state index is 6.17. The van der Waals surface area contributed by atoms with Crippen LogP contribution >= 0.6 is 22.9 Å². The molecule has 29 heavy (non-hydrogen) atoms. The van der Waals surface area contributed by atoms with Gasteiger partial charge >= 0.3 is 0 Å². The number of hydrazone groups is 1. The fourth-order valence-electron chi connectivity index (χ4n) is 2.69. The Balaban J connectivity index is 1.36. The van der Waals surface area contributed by atoms with Gasteiger partial charge in [0.1, 0.15) is 12.4 Å². The Morgan fingerprint density at radius 3 is 2.69 bits per heavy atom. The summed E-state index contributed by atoms with van der Waals surface area (Å²) < 4.78 is 5.85. The van der Waals surface area contributed by atoms with Crippen LogP contribution in [0.15, 0.2) is 89.3 Å². The topological polar surface area (TPSA) is 46.5 Å². The molecular weight excluding hydrogens is 402 g/mol. The van der Waals surface area contributed by atoms with Gasteiger partial charge < -0.3 is 4.74 Å². The summed E-state index contributed by atoms with van der Waals surface area (Å²) >= 11 is 7.69. The third-order valence-electron chi connectivity index (χ3n) is 4.16. The molecule has 1 aromatic heterocycles. The lowest BCUT2D eigenvalue weighted by Crippen LogP contribution is -1.97. The molecule has 4 aromatic rings. The lowest BCUT2D eigenvalue weighted by atomic mass is 10.2. The SMILES string of the molecule is Clc1ccccc1COc1cccc(C=NNc2nc(-c3ccccc3)cs2)c1. The zero-order chi connectivity index (χ0) is 19.9. The number of anilines is 1. The van der Waals surface area contributed by atoms with Gasteiger partial charge in [0.2, 0.25) is 5.13 Å². The van der Waals surface area contributed by atoms with Gasteiger partial charge in [-0.2, -0.15) is 5.10 Å². The van der Waals surface area contributed by atoms with Crippen molar-refractivity contribution in [1.29, 1.82) is 0 Å². The Morgan fingerprint density at radius 1 is 1.00 bits per heavy atom. The Kier molecular flexibility index (Phi) is 6.19. The van der Waals surface area contributed by atoms with Crippen molar-refractivity contribution in [2.24, 2.45) is 5.10 Å². The van der Waals surface area contributed by atoms with Gasteiger partial charge in [0.05, 0.1) is 11.9 Å². The molecule has 0 aliphatic carbocycles. The first-order chi connectivity index (χ1) is 14.3. The molecule has 0 amide bonds. The molecule has 144 valence electrons. The molecule has 0 atom stereocenters. The van der Waals surface area contributed by atoms with E-state index in [1.807, 2.05) is 84.2 Å². The van der Waals surface area contributed by atoms with Crippen molar-refractivity contribution in [3.63, 3.8) is 0 Å². The number of nitrogens with zero attached hydrogens (tertiary/aromatic N) is 2. The number of benzene rings is 3. The largest absolute Gasteiger partial charge is 0.489 e. The van der Waals surface area contributed by atoms with Gasteiger partial charge in [-0.1, -0.05) is 72.3 Å². The average Bonchev–Trinajstić information content (AvgIpc) is 3.23. The molecule has 0 radical (unpaired) electrons. The van der Waals surface area contributed by atoms with Gasteiger partial charge in [0, 0.05) is 21.5 Å². The summed E-state index contributed by atoms with van der Waals surface area (Å²) in [7, 11) is 0. The van der Waals surface area contributed by atoms with Crippen LogP contribution in [0.1, 0.15) is 11.1 Å². The summed E-state index contributed by atoms with van der Waals surface area (Å²) in [5.74, 6) is 0.759. The second-order valence-electron chi connectivity index (χ2n) is 6.23. The highest BCUT2D eigenvalue weighted by atomic mass is 35.5. The van der Waals surface area contributed by atoms with E-state index < -0.39 is 0 Å². The van der Waals surface area contributed by atoms with E-state index in [-0.39, 0.29) is 0 Å². The summed E-state index contributed by atoms with van der Waals surface area (Å²) in [6, 6.07) is 25.5. The lowest BCUT2D eigenvalue weighted by Gasteiger charge is -2.08. The van der Waals surface area contributed by atoms with Gasteiger partial charge in [-0.25, -0.2) is 4.98 Å². The normalized spacial score (nSPS) is 10.9. The van der Waals surface area contributed by atoms with Gasteiger partial charge in [0.25, 0.3) is 0 Å². The van der Waals surface area contributed by atoms with Gasteiger partial charge in [-0.15, -0.1) is 11.3 Å². The van der Waals surface area contributed by atoms with Crippen molar-refractivity contribution in [2.75, 3.05) is 5.43 Å². The molecule has 0 aliphatic heterocycles. The molecule has 0 aliphatic rings.